The van der Waals surface area contributed by atoms with Gasteiger partial charge in [-0.25, -0.2) is 4.79 Å². The van der Waals surface area contributed by atoms with E-state index in [1.807, 2.05) is 18.2 Å². The lowest BCUT2D eigenvalue weighted by atomic mass is 9.94. The predicted octanol–water partition coefficient (Wildman–Crippen LogP) is 4.40. The fourth-order valence-electron chi connectivity index (χ4n) is 4.24. The Morgan fingerprint density at radius 2 is 1.67 bits per heavy atom. The Morgan fingerprint density at radius 1 is 0.967 bits per heavy atom. The van der Waals surface area contributed by atoms with Crippen LogP contribution in [-0.2, 0) is 23.9 Å². The van der Waals surface area contributed by atoms with Crippen LogP contribution >= 0.6 is 0 Å². The number of benzene rings is 2. The van der Waals surface area contributed by atoms with Crippen LogP contribution in [0.1, 0.15) is 29.5 Å². The topological polar surface area (TPSA) is 60.9 Å². The SMILES string of the molecule is O=C([C@H]1CCCN1C(=O)O)N1CCc2ccc(-c3ccc(C(F)(F)F)cc3)cc2C1. The Kier molecular flexibility index (Phi) is 5.17. The van der Waals surface area contributed by atoms with Gasteiger partial charge < -0.3 is 10.0 Å². The highest BCUT2D eigenvalue weighted by atomic mass is 19.4. The molecular formula is C22H21F3N2O3. The number of amides is 2. The van der Waals surface area contributed by atoms with Crippen LogP contribution in [0.5, 0.6) is 0 Å². The first-order chi connectivity index (χ1) is 14.2. The van der Waals surface area contributed by atoms with Gasteiger partial charge in [-0.2, -0.15) is 13.2 Å². The summed E-state index contributed by atoms with van der Waals surface area (Å²) in [6.07, 6.45) is -3.59. The van der Waals surface area contributed by atoms with Gasteiger partial charge in [0, 0.05) is 19.6 Å². The van der Waals surface area contributed by atoms with Gasteiger partial charge in [0.15, 0.2) is 0 Å². The van der Waals surface area contributed by atoms with Crippen LogP contribution in [0.2, 0.25) is 0 Å². The molecule has 8 heteroatoms. The second kappa shape index (κ2) is 7.66. The van der Waals surface area contributed by atoms with E-state index >= 15 is 0 Å². The lowest BCUT2D eigenvalue weighted by molar-refractivity contribution is -0.137. The maximum absolute atomic E-state index is 12.9. The van der Waals surface area contributed by atoms with Crippen molar-refractivity contribution in [1.29, 1.82) is 0 Å². The number of hydrogen-bond acceptors (Lipinski definition) is 2. The van der Waals surface area contributed by atoms with Crippen LogP contribution in [0, 0.1) is 0 Å². The molecule has 2 aliphatic rings. The Labute approximate surface area is 171 Å². The lowest BCUT2D eigenvalue weighted by Gasteiger charge is -2.33. The zero-order valence-electron chi connectivity index (χ0n) is 16.2. The van der Waals surface area contributed by atoms with Crippen molar-refractivity contribution < 1.29 is 27.9 Å². The van der Waals surface area contributed by atoms with Crippen molar-refractivity contribution in [2.75, 3.05) is 13.1 Å². The maximum Gasteiger partial charge on any atom is 0.416 e. The Morgan fingerprint density at radius 3 is 2.33 bits per heavy atom. The molecule has 2 heterocycles. The summed E-state index contributed by atoms with van der Waals surface area (Å²) >= 11 is 0. The number of hydrogen-bond donors (Lipinski definition) is 1. The number of likely N-dealkylation sites (tertiary alicyclic amines) is 1. The summed E-state index contributed by atoms with van der Waals surface area (Å²) in [7, 11) is 0. The van der Waals surface area contributed by atoms with E-state index in [4.69, 9.17) is 0 Å². The number of nitrogens with zero attached hydrogens (tertiary/aromatic N) is 2. The van der Waals surface area contributed by atoms with Gasteiger partial charge >= 0.3 is 12.3 Å². The van der Waals surface area contributed by atoms with Gasteiger partial charge in [-0.1, -0.05) is 24.3 Å². The molecule has 2 aromatic rings. The van der Waals surface area contributed by atoms with E-state index in [-0.39, 0.29) is 5.91 Å². The summed E-state index contributed by atoms with van der Waals surface area (Å²) in [5.74, 6) is -0.180. The van der Waals surface area contributed by atoms with Crippen molar-refractivity contribution >= 4 is 12.0 Å². The van der Waals surface area contributed by atoms with Crippen LogP contribution in [0.4, 0.5) is 18.0 Å². The molecule has 2 aromatic carbocycles. The van der Waals surface area contributed by atoms with E-state index in [0.29, 0.717) is 44.5 Å². The van der Waals surface area contributed by atoms with Crippen molar-refractivity contribution in [2.45, 2.75) is 38.0 Å². The van der Waals surface area contributed by atoms with E-state index in [2.05, 4.69) is 0 Å². The second-order valence-electron chi connectivity index (χ2n) is 7.70. The summed E-state index contributed by atoms with van der Waals surface area (Å²) in [5.41, 5.74) is 2.79. The van der Waals surface area contributed by atoms with Gasteiger partial charge in [-0.3, -0.25) is 9.69 Å². The number of rotatable bonds is 2. The molecule has 0 aromatic heterocycles. The van der Waals surface area contributed by atoms with Crippen LogP contribution in [0.3, 0.4) is 0 Å². The molecule has 30 heavy (non-hydrogen) atoms. The smallest absolute Gasteiger partial charge is 0.416 e. The van der Waals surface area contributed by atoms with Gasteiger partial charge in [0.25, 0.3) is 0 Å². The standard InChI is InChI=1S/C22H21F3N2O3/c23-22(24,25)18-7-5-14(6-8-18)16-4-3-15-9-11-26(13-17(15)12-16)20(28)19-2-1-10-27(19)21(29)30/h3-8,12,19H,1-2,9-11,13H2,(H,29,30)/t19-/m1/s1. The van der Waals surface area contributed by atoms with Gasteiger partial charge in [-0.05, 0) is 59.7 Å². The highest BCUT2D eigenvalue weighted by Gasteiger charge is 2.37. The molecule has 0 radical (unpaired) electrons. The molecule has 0 bridgehead atoms. The summed E-state index contributed by atoms with van der Waals surface area (Å²) < 4.78 is 38.4. The number of halogens is 3. The molecule has 1 atom stereocenters. The molecule has 0 unspecified atom stereocenters. The molecule has 2 amide bonds. The molecule has 1 N–H and O–H groups in total. The monoisotopic (exact) mass is 418 g/mol. The van der Waals surface area contributed by atoms with E-state index in [0.717, 1.165) is 28.8 Å². The number of carbonyl (C=O) groups is 2. The van der Waals surface area contributed by atoms with Crippen LogP contribution < -0.4 is 0 Å². The van der Waals surface area contributed by atoms with E-state index < -0.39 is 23.9 Å². The highest BCUT2D eigenvalue weighted by molar-refractivity contribution is 5.86. The van der Waals surface area contributed by atoms with E-state index in [1.54, 1.807) is 4.90 Å². The van der Waals surface area contributed by atoms with Crippen LogP contribution in [0.25, 0.3) is 11.1 Å². The van der Waals surface area contributed by atoms with Crippen molar-refractivity contribution in [3.63, 3.8) is 0 Å². The van der Waals surface area contributed by atoms with Gasteiger partial charge in [0.2, 0.25) is 5.91 Å². The molecule has 0 aliphatic carbocycles. The Bertz CT molecular complexity index is 973. The Hall–Kier alpha value is -3.03. The molecule has 5 nitrogen and oxygen atoms in total. The third-order valence-electron chi connectivity index (χ3n) is 5.86. The summed E-state index contributed by atoms with van der Waals surface area (Å²) in [6, 6.07) is 10.1. The second-order valence-corrected chi connectivity index (χ2v) is 7.70. The summed E-state index contributed by atoms with van der Waals surface area (Å²) in [4.78, 5) is 27.2. The van der Waals surface area contributed by atoms with Gasteiger partial charge in [0.1, 0.15) is 6.04 Å². The minimum Gasteiger partial charge on any atom is -0.465 e. The quantitative estimate of drug-likeness (QED) is 0.787. The number of fused-ring (bicyclic) bond motifs is 1. The van der Waals surface area contributed by atoms with Crippen molar-refractivity contribution in [3.05, 3.63) is 59.2 Å². The molecule has 1 fully saturated rings. The molecule has 0 saturated carbocycles. The third-order valence-corrected chi connectivity index (χ3v) is 5.86. The zero-order chi connectivity index (χ0) is 21.5. The van der Waals surface area contributed by atoms with Crippen molar-refractivity contribution in [3.8, 4) is 11.1 Å². The van der Waals surface area contributed by atoms with Crippen molar-refractivity contribution in [2.24, 2.45) is 0 Å². The number of carbonyl (C=O) groups excluding carboxylic acids is 1. The predicted molar refractivity (Wildman–Crippen MR) is 104 cm³/mol. The summed E-state index contributed by atoms with van der Waals surface area (Å²) in [6.45, 7) is 1.26. The number of carboxylic acid groups (broad SMARTS) is 1. The number of alkyl halides is 3. The fourth-order valence-corrected chi connectivity index (χ4v) is 4.24. The average molecular weight is 418 g/mol. The highest BCUT2D eigenvalue weighted by Crippen LogP contribution is 2.32. The van der Waals surface area contributed by atoms with Crippen LogP contribution in [-0.4, -0.2) is 46.0 Å². The van der Waals surface area contributed by atoms with E-state index in [9.17, 15) is 27.9 Å². The first-order valence-electron chi connectivity index (χ1n) is 9.82. The first-order valence-corrected chi connectivity index (χ1v) is 9.82. The zero-order valence-corrected chi connectivity index (χ0v) is 16.2. The van der Waals surface area contributed by atoms with Gasteiger partial charge in [-0.15, -0.1) is 0 Å². The lowest BCUT2D eigenvalue weighted by Crippen LogP contribution is -2.48. The largest absolute Gasteiger partial charge is 0.465 e. The Balaban J connectivity index is 1.54. The molecule has 4 rings (SSSR count). The molecular weight excluding hydrogens is 397 g/mol. The minimum absolute atomic E-state index is 0.180. The average Bonchev–Trinajstić information content (AvgIpc) is 3.22. The van der Waals surface area contributed by atoms with Gasteiger partial charge in [0.05, 0.1) is 5.56 Å². The van der Waals surface area contributed by atoms with E-state index in [1.165, 1.54) is 17.0 Å². The molecule has 158 valence electrons. The first kappa shape index (κ1) is 20.3. The van der Waals surface area contributed by atoms with Crippen molar-refractivity contribution in [1.82, 2.24) is 9.80 Å². The van der Waals surface area contributed by atoms with Crippen LogP contribution in [0.15, 0.2) is 42.5 Å². The maximum atomic E-state index is 12.9. The fraction of sp³-hybridized carbons (Fsp3) is 0.364. The summed E-state index contributed by atoms with van der Waals surface area (Å²) in [5, 5.41) is 9.31. The molecule has 1 saturated heterocycles. The normalized spacial score (nSPS) is 19.0. The minimum atomic E-state index is -4.38. The molecule has 2 aliphatic heterocycles. The molecule has 0 spiro atoms. The third kappa shape index (κ3) is 3.86.